The minimum atomic E-state index is -0.343. The number of aromatic nitrogens is 1. The molecule has 1 aromatic heterocycles. The smallest absolute Gasteiger partial charge is 0.0824 e. The summed E-state index contributed by atoms with van der Waals surface area (Å²) in [5, 5.41) is 13.0. The van der Waals surface area contributed by atoms with Crippen LogP contribution in [0.4, 0.5) is 0 Å². The van der Waals surface area contributed by atoms with E-state index >= 15 is 0 Å². The van der Waals surface area contributed by atoms with Gasteiger partial charge in [-0.15, -0.1) is 0 Å². The van der Waals surface area contributed by atoms with Gasteiger partial charge in [0.25, 0.3) is 0 Å². The summed E-state index contributed by atoms with van der Waals surface area (Å²) in [4.78, 5) is 4.20. The van der Waals surface area contributed by atoms with E-state index in [9.17, 15) is 5.11 Å². The SMILES string of the molecule is CCC1CCC(C(O)c2cccc3ccncc23)C1. The summed E-state index contributed by atoms with van der Waals surface area (Å²) in [6.07, 6.45) is 8.15. The predicted molar refractivity (Wildman–Crippen MR) is 77.8 cm³/mol. The van der Waals surface area contributed by atoms with Crippen molar-refractivity contribution in [1.29, 1.82) is 0 Å². The molecule has 3 rings (SSSR count). The maximum atomic E-state index is 10.7. The molecule has 2 nitrogen and oxygen atoms in total. The normalized spacial score (nSPS) is 24.7. The molecule has 0 radical (unpaired) electrons. The third kappa shape index (κ3) is 2.37. The molecule has 0 amide bonds. The predicted octanol–water partition coefficient (Wildman–Crippen LogP) is 4.09. The van der Waals surface area contributed by atoms with Gasteiger partial charge in [-0.05, 0) is 41.7 Å². The highest BCUT2D eigenvalue weighted by molar-refractivity contribution is 5.85. The number of fused-ring (bicyclic) bond motifs is 1. The minimum Gasteiger partial charge on any atom is -0.388 e. The Labute approximate surface area is 114 Å². The maximum absolute atomic E-state index is 10.7. The minimum absolute atomic E-state index is 0.343. The highest BCUT2D eigenvalue weighted by atomic mass is 16.3. The molecular weight excluding hydrogens is 234 g/mol. The van der Waals surface area contributed by atoms with Crippen LogP contribution in [0.5, 0.6) is 0 Å². The number of rotatable bonds is 3. The molecule has 2 aromatic rings. The number of aliphatic hydroxyl groups excluding tert-OH is 1. The lowest BCUT2D eigenvalue weighted by molar-refractivity contribution is 0.110. The molecule has 0 bridgehead atoms. The molecule has 1 aliphatic rings. The molecule has 1 saturated carbocycles. The molecular formula is C17H21NO. The Morgan fingerprint density at radius 3 is 3.00 bits per heavy atom. The summed E-state index contributed by atoms with van der Waals surface area (Å²) in [6, 6.07) is 8.17. The summed E-state index contributed by atoms with van der Waals surface area (Å²) in [5.74, 6) is 1.21. The van der Waals surface area contributed by atoms with Gasteiger partial charge in [-0.25, -0.2) is 0 Å². The first-order valence-corrected chi connectivity index (χ1v) is 7.30. The maximum Gasteiger partial charge on any atom is 0.0824 e. The molecule has 0 saturated heterocycles. The fourth-order valence-corrected chi connectivity index (χ4v) is 3.42. The summed E-state index contributed by atoms with van der Waals surface area (Å²) in [5.41, 5.74) is 1.05. The number of benzene rings is 1. The zero-order valence-electron chi connectivity index (χ0n) is 11.4. The number of hydrogen-bond donors (Lipinski definition) is 1. The Hall–Kier alpha value is -1.41. The van der Waals surface area contributed by atoms with Crippen molar-refractivity contribution in [2.24, 2.45) is 11.8 Å². The van der Waals surface area contributed by atoms with Gasteiger partial charge >= 0.3 is 0 Å². The van der Waals surface area contributed by atoms with Crippen LogP contribution in [0.2, 0.25) is 0 Å². The van der Waals surface area contributed by atoms with Gasteiger partial charge in [0.1, 0.15) is 0 Å². The van der Waals surface area contributed by atoms with E-state index in [1.807, 2.05) is 24.4 Å². The van der Waals surface area contributed by atoms with E-state index in [2.05, 4.69) is 18.0 Å². The van der Waals surface area contributed by atoms with Crippen LogP contribution >= 0.6 is 0 Å². The van der Waals surface area contributed by atoms with Gasteiger partial charge in [0.15, 0.2) is 0 Å². The van der Waals surface area contributed by atoms with Crippen LogP contribution in [-0.2, 0) is 0 Å². The van der Waals surface area contributed by atoms with E-state index < -0.39 is 0 Å². The largest absolute Gasteiger partial charge is 0.388 e. The molecule has 1 aromatic carbocycles. The highest BCUT2D eigenvalue weighted by Gasteiger charge is 2.30. The van der Waals surface area contributed by atoms with E-state index in [-0.39, 0.29) is 6.10 Å². The quantitative estimate of drug-likeness (QED) is 0.896. The first-order chi connectivity index (χ1) is 9.29. The van der Waals surface area contributed by atoms with Crippen molar-refractivity contribution in [2.75, 3.05) is 0 Å². The number of pyridine rings is 1. The fourth-order valence-electron chi connectivity index (χ4n) is 3.42. The Morgan fingerprint density at radius 2 is 2.21 bits per heavy atom. The second kappa shape index (κ2) is 5.30. The van der Waals surface area contributed by atoms with E-state index in [0.717, 1.165) is 35.1 Å². The number of nitrogens with zero attached hydrogens (tertiary/aromatic N) is 1. The third-order valence-corrected chi connectivity index (χ3v) is 4.64. The molecule has 19 heavy (non-hydrogen) atoms. The highest BCUT2D eigenvalue weighted by Crippen LogP contribution is 2.41. The second-order valence-corrected chi connectivity index (χ2v) is 5.74. The van der Waals surface area contributed by atoms with Crippen LogP contribution in [0.15, 0.2) is 36.7 Å². The topological polar surface area (TPSA) is 33.1 Å². The van der Waals surface area contributed by atoms with Gasteiger partial charge in [0, 0.05) is 17.8 Å². The monoisotopic (exact) mass is 255 g/mol. The van der Waals surface area contributed by atoms with Crippen molar-refractivity contribution in [2.45, 2.75) is 38.7 Å². The van der Waals surface area contributed by atoms with E-state index in [1.165, 1.54) is 12.8 Å². The Balaban J connectivity index is 1.92. The molecule has 1 heterocycles. The Bertz CT molecular complexity index is 561. The molecule has 0 spiro atoms. The molecule has 3 atom stereocenters. The Kier molecular flexibility index (Phi) is 3.52. The molecule has 2 heteroatoms. The molecule has 0 aliphatic heterocycles. The average Bonchev–Trinajstić information content (AvgIpc) is 2.95. The lowest BCUT2D eigenvalue weighted by Gasteiger charge is -2.20. The molecule has 100 valence electrons. The van der Waals surface area contributed by atoms with Crippen LogP contribution in [0, 0.1) is 11.8 Å². The summed E-state index contributed by atoms with van der Waals surface area (Å²) in [7, 11) is 0. The molecule has 3 unspecified atom stereocenters. The van der Waals surface area contributed by atoms with Crippen molar-refractivity contribution in [1.82, 2.24) is 4.98 Å². The van der Waals surface area contributed by atoms with Crippen molar-refractivity contribution in [3.05, 3.63) is 42.2 Å². The zero-order valence-corrected chi connectivity index (χ0v) is 11.4. The van der Waals surface area contributed by atoms with Gasteiger partial charge in [0.2, 0.25) is 0 Å². The lowest BCUT2D eigenvalue weighted by atomic mass is 9.90. The van der Waals surface area contributed by atoms with Gasteiger partial charge in [-0.2, -0.15) is 0 Å². The lowest BCUT2D eigenvalue weighted by Crippen LogP contribution is -2.10. The van der Waals surface area contributed by atoms with Crippen LogP contribution in [-0.4, -0.2) is 10.1 Å². The van der Waals surface area contributed by atoms with Crippen molar-refractivity contribution in [3.8, 4) is 0 Å². The van der Waals surface area contributed by atoms with Crippen LogP contribution in [0.25, 0.3) is 10.8 Å². The van der Waals surface area contributed by atoms with Crippen LogP contribution in [0.1, 0.15) is 44.3 Å². The summed E-state index contributed by atoms with van der Waals surface area (Å²) < 4.78 is 0. The first kappa shape index (κ1) is 12.6. The van der Waals surface area contributed by atoms with Gasteiger partial charge in [0.05, 0.1) is 6.10 Å². The van der Waals surface area contributed by atoms with Crippen molar-refractivity contribution in [3.63, 3.8) is 0 Å². The molecule has 1 aliphatic carbocycles. The molecule has 1 N–H and O–H groups in total. The van der Waals surface area contributed by atoms with Crippen LogP contribution in [0.3, 0.4) is 0 Å². The van der Waals surface area contributed by atoms with Gasteiger partial charge in [-0.1, -0.05) is 38.0 Å². The van der Waals surface area contributed by atoms with E-state index in [0.29, 0.717) is 5.92 Å². The number of aliphatic hydroxyl groups is 1. The first-order valence-electron chi connectivity index (χ1n) is 7.30. The second-order valence-electron chi connectivity index (χ2n) is 5.74. The standard InChI is InChI=1S/C17H21NO/c1-2-12-6-7-14(10-12)17(19)15-5-3-4-13-8-9-18-11-16(13)15/h3-5,8-9,11-12,14,17,19H,2,6-7,10H2,1H3. The van der Waals surface area contributed by atoms with E-state index in [4.69, 9.17) is 0 Å². The van der Waals surface area contributed by atoms with Gasteiger partial charge < -0.3 is 5.11 Å². The average molecular weight is 255 g/mol. The zero-order chi connectivity index (χ0) is 13.2. The summed E-state index contributed by atoms with van der Waals surface area (Å²) in [6.45, 7) is 2.25. The van der Waals surface area contributed by atoms with Gasteiger partial charge in [-0.3, -0.25) is 4.98 Å². The van der Waals surface area contributed by atoms with Crippen molar-refractivity contribution < 1.29 is 5.11 Å². The molecule has 1 fully saturated rings. The summed E-state index contributed by atoms with van der Waals surface area (Å²) >= 11 is 0. The van der Waals surface area contributed by atoms with Crippen molar-refractivity contribution >= 4 is 10.8 Å². The fraction of sp³-hybridized carbons (Fsp3) is 0.471. The van der Waals surface area contributed by atoms with Crippen LogP contribution < -0.4 is 0 Å². The number of hydrogen-bond acceptors (Lipinski definition) is 2. The van der Waals surface area contributed by atoms with E-state index in [1.54, 1.807) is 6.20 Å². The third-order valence-electron chi connectivity index (χ3n) is 4.64. The Morgan fingerprint density at radius 1 is 1.32 bits per heavy atom.